The van der Waals surface area contributed by atoms with Gasteiger partial charge in [0.1, 0.15) is 0 Å². The summed E-state index contributed by atoms with van der Waals surface area (Å²) in [6.07, 6.45) is 0.496. The summed E-state index contributed by atoms with van der Waals surface area (Å²) < 4.78 is 11.9. The third-order valence-electron chi connectivity index (χ3n) is 4.19. The second-order valence-corrected chi connectivity index (χ2v) is 12.0. The van der Waals surface area contributed by atoms with Gasteiger partial charge in [0.15, 0.2) is 8.32 Å². The molecule has 0 saturated carbocycles. The molecule has 0 aromatic heterocycles. The van der Waals surface area contributed by atoms with Crippen molar-refractivity contribution in [3.8, 4) is 0 Å². The number of hydrogen-bond acceptors (Lipinski definition) is 3. The maximum absolute atomic E-state index is 9.55. The van der Waals surface area contributed by atoms with Crippen LogP contribution in [-0.2, 0) is 9.16 Å². The lowest BCUT2D eigenvalue weighted by Crippen LogP contribution is -2.49. The molecule has 5 heteroatoms. The van der Waals surface area contributed by atoms with E-state index in [-0.39, 0.29) is 17.2 Å². The number of rotatable bonds is 8. The highest BCUT2D eigenvalue weighted by Crippen LogP contribution is 2.46. The Balaban J connectivity index is 4.57. The van der Waals surface area contributed by atoms with Crippen molar-refractivity contribution in [2.24, 2.45) is 0 Å². The fraction of sp³-hybridized carbons (Fsp3) is 1.00. The van der Waals surface area contributed by atoms with Crippen LogP contribution in [0.1, 0.15) is 34.1 Å². The number of aliphatic hydroxyl groups excluding tert-OH is 1. The molecule has 3 unspecified atom stereocenters. The van der Waals surface area contributed by atoms with Crippen LogP contribution in [0.5, 0.6) is 0 Å². The Labute approximate surface area is 127 Å². The molecule has 0 aromatic carbocycles. The molecule has 0 saturated heterocycles. The van der Waals surface area contributed by atoms with E-state index in [1.54, 1.807) is 0 Å². The summed E-state index contributed by atoms with van der Waals surface area (Å²) in [7, 11) is 0.0639. The van der Waals surface area contributed by atoms with Crippen LogP contribution in [0, 0.1) is 0 Å². The molecular formula is C13H29IO3Si. The van der Waals surface area contributed by atoms with Crippen molar-refractivity contribution in [1.29, 1.82) is 0 Å². The van der Waals surface area contributed by atoms with Crippen molar-refractivity contribution in [2.75, 3.05) is 13.7 Å². The van der Waals surface area contributed by atoms with E-state index < -0.39 is 8.32 Å². The molecule has 0 aliphatic rings. The molecule has 0 aliphatic heterocycles. The molecule has 1 N–H and O–H groups in total. The maximum Gasteiger partial charge on any atom is 0.192 e. The van der Waals surface area contributed by atoms with Crippen molar-refractivity contribution in [2.45, 2.75) is 68.4 Å². The molecular weight excluding hydrogens is 359 g/mol. The number of ether oxygens (including phenoxy) is 1. The molecule has 0 radical (unpaired) electrons. The van der Waals surface area contributed by atoms with Gasteiger partial charge in [0, 0.05) is 11.0 Å². The van der Waals surface area contributed by atoms with Crippen molar-refractivity contribution in [1.82, 2.24) is 0 Å². The first-order chi connectivity index (χ1) is 8.10. The standard InChI is InChI=1S/C13H29IO3Si/c1-8-11(15)9-17-10(2)12(14)13(3,4)18(6,7)16-5/h10-12,15H,8-9H2,1-7H3. The predicted molar refractivity (Wildman–Crippen MR) is 88.1 cm³/mol. The minimum atomic E-state index is -1.75. The zero-order valence-electron chi connectivity index (χ0n) is 12.8. The van der Waals surface area contributed by atoms with Gasteiger partial charge < -0.3 is 14.3 Å². The first kappa shape index (κ1) is 18.8. The number of hydrogen-bond donors (Lipinski definition) is 1. The van der Waals surface area contributed by atoms with Crippen molar-refractivity contribution in [3.63, 3.8) is 0 Å². The van der Waals surface area contributed by atoms with Crippen LogP contribution in [0.25, 0.3) is 0 Å². The average molecular weight is 388 g/mol. The second kappa shape index (κ2) is 7.57. The molecule has 0 amide bonds. The highest BCUT2D eigenvalue weighted by atomic mass is 127. The first-order valence-corrected chi connectivity index (χ1v) is 10.7. The number of alkyl halides is 1. The summed E-state index contributed by atoms with van der Waals surface area (Å²) >= 11 is 2.47. The lowest BCUT2D eigenvalue weighted by atomic mass is 10.1. The fourth-order valence-corrected chi connectivity index (χ4v) is 5.53. The third-order valence-corrected chi connectivity index (χ3v) is 11.8. The smallest absolute Gasteiger partial charge is 0.192 e. The second-order valence-electron chi connectivity index (χ2n) is 5.94. The molecule has 0 heterocycles. The largest absolute Gasteiger partial charge is 0.420 e. The van der Waals surface area contributed by atoms with Crippen molar-refractivity contribution < 1.29 is 14.3 Å². The lowest BCUT2D eigenvalue weighted by molar-refractivity contribution is -0.00546. The van der Waals surface area contributed by atoms with Gasteiger partial charge in [-0.15, -0.1) is 0 Å². The van der Waals surface area contributed by atoms with Crippen LogP contribution < -0.4 is 0 Å². The number of halogens is 1. The Hall–Kier alpha value is 0.827. The highest BCUT2D eigenvalue weighted by molar-refractivity contribution is 14.1. The van der Waals surface area contributed by atoms with E-state index in [1.807, 2.05) is 14.0 Å². The van der Waals surface area contributed by atoms with E-state index in [0.717, 1.165) is 6.42 Å². The topological polar surface area (TPSA) is 38.7 Å². The average Bonchev–Trinajstić information content (AvgIpc) is 2.33. The van der Waals surface area contributed by atoms with Gasteiger partial charge in [-0.05, 0) is 31.5 Å². The van der Waals surface area contributed by atoms with E-state index in [9.17, 15) is 5.11 Å². The fourth-order valence-electron chi connectivity index (χ4n) is 1.65. The summed E-state index contributed by atoms with van der Waals surface area (Å²) in [4.78, 5) is 0. The molecule has 3 atom stereocenters. The number of aliphatic hydroxyl groups is 1. The summed E-state index contributed by atoms with van der Waals surface area (Å²) in [5.41, 5.74) is 0. The van der Waals surface area contributed by atoms with Crippen molar-refractivity contribution >= 4 is 30.9 Å². The zero-order chi connectivity index (χ0) is 14.6. The van der Waals surface area contributed by atoms with Crippen molar-refractivity contribution in [3.05, 3.63) is 0 Å². The molecule has 0 rings (SSSR count). The summed E-state index contributed by atoms with van der Waals surface area (Å²) in [6.45, 7) is 13.5. The SMILES string of the molecule is CCC(O)COC(C)C(I)C(C)(C)[Si](C)(C)OC. The van der Waals surface area contributed by atoms with Gasteiger partial charge in [-0.25, -0.2) is 0 Å². The monoisotopic (exact) mass is 388 g/mol. The molecule has 0 bridgehead atoms. The summed E-state index contributed by atoms with van der Waals surface area (Å²) in [5.74, 6) is 0. The Morgan fingerprint density at radius 1 is 1.33 bits per heavy atom. The van der Waals surface area contributed by atoms with Gasteiger partial charge in [-0.3, -0.25) is 0 Å². The van der Waals surface area contributed by atoms with E-state index in [4.69, 9.17) is 9.16 Å². The first-order valence-electron chi connectivity index (χ1n) is 6.59. The van der Waals surface area contributed by atoms with Gasteiger partial charge in [-0.1, -0.05) is 43.4 Å². The molecule has 110 valence electrons. The van der Waals surface area contributed by atoms with Gasteiger partial charge in [0.05, 0.1) is 18.8 Å². The maximum atomic E-state index is 9.55. The van der Waals surface area contributed by atoms with Gasteiger partial charge >= 0.3 is 0 Å². The zero-order valence-corrected chi connectivity index (χ0v) is 15.9. The predicted octanol–water partition coefficient (Wildman–Crippen LogP) is 3.60. The van der Waals surface area contributed by atoms with Crippen LogP contribution in [0.2, 0.25) is 18.1 Å². The Kier molecular flexibility index (Phi) is 7.91. The van der Waals surface area contributed by atoms with E-state index in [0.29, 0.717) is 10.5 Å². The molecule has 0 spiro atoms. The van der Waals surface area contributed by atoms with Crippen LogP contribution >= 0.6 is 22.6 Å². The summed E-state index contributed by atoms with van der Waals surface area (Å²) in [6, 6.07) is 0. The van der Waals surface area contributed by atoms with E-state index in [1.165, 1.54) is 0 Å². The molecule has 0 aromatic rings. The van der Waals surface area contributed by atoms with E-state index in [2.05, 4.69) is 56.5 Å². The lowest BCUT2D eigenvalue weighted by Gasteiger charge is -2.43. The Morgan fingerprint density at radius 3 is 2.22 bits per heavy atom. The van der Waals surface area contributed by atoms with Crippen LogP contribution in [-0.4, -0.2) is 43.3 Å². The van der Waals surface area contributed by atoms with Crippen LogP contribution in [0.15, 0.2) is 0 Å². The molecule has 3 nitrogen and oxygen atoms in total. The van der Waals surface area contributed by atoms with Gasteiger partial charge in [-0.2, -0.15) is 0 Å². The molecule has 18 heavy (non-hydrogen) atoms. The van der Waals surface area contributed by atoms with Gasteiger partial charge in [0.25, 0.3) is 0 Å². The Morgan fingerprint density at radius 2 is 1.83 bits per heavy atom. The third kappa shape index (κ3) is 4.74. The minimum Gasteiger partial charge on any atom is -0.420 e. The highest BCUT2D eigenvalue weighted by Gasteiger charge is 2.47. The van der Waals surface area contributed by atoms with Gasteiger partial charge in [0.2, 0.25) is 0 Å². The molecule has 0 aliphatic carbocycles. The molecule has 0 fully saturated rings. The minimum absolute atomic E-state index is 0.110. The summed E-state index contributed by atoms with van der Waals surface area (Å²) in [5, 5.41) is 9.66. The quantitative estimate of drug-likeness (QED) is 0.392. The van der Waals surface area contributed by atoms with Crippen LogP contribution in [0.4, 0.5) is 0 Å². The van der Waals surface area contributed by atoms with Crippen LogP contribution in [0.3, 0.4) is 0 Å². The van der Waals surface area contributed by atoms with E-state index >= 15 is 0 Å². The normalized spacial score (nSPS) is 18.5. The Bertz CT molecular complexity index is 246.